The van der Waals surface area contributed by atoms with Gasteiger partial charge in [-0.2, -0.15) is 0 Å². The fourth-order valence-electron chi connectivity index (χ4n) is 2.08. The number of nitrogens with one attached hydrogen (secondary N) is 1. The minimum Gasteiger partial charge on any atom is -0.389 e. The molecule has 110 valence electrons. The van der Waals surface area contributed by atoms with Crippen LogP contribution in [0.3, 0.4) is 0 Å². The van der Waals surface area contributed by atoms with Crippen molar-refractivity contribution in [1.29, 1.82) is 0 Å². The topological polar surface area (TPSA) is 75.4 Å². The molecular weight excluding hydrogens is 318 g/mol. The van der Waals surface area contributed by atoms with E-state index in [0.717, 1.165) is 19.3 Å². The second kappa shape index (κ2) is 6.36. The summed E-state index contributed by atoms with van der Waals surface area (Å²) in [6.07, 6.45) is 3.09. The van der Waals surface area contributed by atoms with Gasteiger partial charge in [0.05, 0.1) is 5.02 Å². The third-order valence-electron chi connectivity index (χ3n) is 3.11. The predicted molar refractivity (Wildman–Crippen MR) is 83.1 cm³/mol. The molecule has 20 heavy (non-hydrogen) atoms. The molecule has 1 saturated heterocycles. The summed E-state index contributed by atoms with van der Waals surface area (Å²) in [5.41, 5.74) is 6.03. The van der Waals surface area contributed by atoms with Crippen LogP contribution in [0.2, 0.25) is 5.02 Å². The van der Waals surface area contributed by atoms with Crippen molar-refractivity contribution in [3.05, 3.63) is 28.8 Å². The van der Waals surface area contributed by atoms with Crippen LogP contribution in [-0.2, 0) is 10.0 Å². The van der Waals surface area contributed by atoms with Crippen molar-refractivity contribution in [3.63, 3.8) is 0 Å². The molecule has 1 aliphatic rings. The number of hydrogen-bond acceptors (Lipinski definition) is 4. The van der Waals surface area contributed by atoms with Gasteiger partial charge in [-0.05, 0) is 25.0 Å². The van der Waals surface area contributed by atoms with Gasteiger partial charge in [0, 0.05) is 18.7 Å². The molecule has 1 heterocycles. The molecule has 0 aromatic heterocycles. The molecule has 0 aliphatic carbocycles. The van der Waals surface area contributed by atoms with E-state index in [1.165, 1.54) is 12.1 Å². The largest absolute Gasteiger partial charge is 0.389 e. The summed E-state index contributed by atoms with van der Waals surface area (Å²) >= 11 is 10.9. The van der Waals surface area contributed by atoms with Crippen LogP contribution in [0.5, 0.6) is 0 Å². The molecule has 1 aromatic carbocycles. The van der Waals surface area contributed by atoms with Gasteiger partial charge in [-0.15, -0.1) is 4.83 Å². The molecule has 0 saturated carbocycles. The van der Waals surface area contributed by atoms with E-state index in [1.54, 1.807) is 11.1 Å². The lowest BCUT2D eigenvalue weighted by Crippen LogP contribution is -2.44. The standard InChI is InChI=1S/C12H16ClN3O2S2/c13-10-8-9(12(14)19)4-5-11(10)20(17,18)15-16-6-2-1-3-7-16/h4-5,8,15H,1-3,6-7H2,(H2,14,19). The number of hydrogen-bond donors (Lipinski definition) is 2. The second-order valence-corrected chi connectivity index (χ2v) is 7.13. The van der Waals surface area contributed by atoms with E-state index in [2.05, 4.69) is 4.83 Å². The predicted octanol–water partition coefficient (Wildman–Crippen LogP) is 1.65. The highest BCUT2D eigenvalue weighted by molar-refractivity contribution is 7.89. The molecule has 0 amide bonds. The molecule has 5 nitrogen and oxygen atoms in total. The van der Waals surface area contributed by atoms with Gasteiger partial charge in [0.25, 0.3) is 10.0 Å². The van der Waals surface area contributed by atoms with Gasteiger partial charge in [-0.3, -0.25) is 0 Å². The zero-order valence-corrected chi connectivity index (χ0v) is 13.2. The zero-order valence-electron chi connectivity index (χ0n) is 10.8. The monoisotopic (exact) mass is 333 g/mol. The van der Waals surface area contributed by atoms with E-state index in [4.69, 9.17) is 29.6 Å². The van der Waals surface area contributed by atoms with Gasteiger partial charge in [0.2, 0.25) is 0 Å². The minimum atomic E-state index is -3.67. The lowest BCUT2D eigenvalue weighted by Gasteiger charge is -2.26. The number of piperidine rings is 1. The van der Waals surface area contributed by atoms with E-state index < -0.39 is 10.0 Å². The van der Waals surface area contributed by atoms with Gasteiger partial charge >= 0.3 is 0 Å². The number of sulfonamides is 1. The zero-order chi connectivity index (χ0) is 14.8. The summed E-state index contributed by atoms with van der Waals surface area (Å²) in [5.74, 6) is 0. The van der Waals surface area contributed by atoms with Crippen molar-refractivity contribution in [3.8, 4) is 0 Å². The van der Waals surface area contributed by atoms with E-state index in [-0.39, 0.29) is 14.9 Å². The number of rotatable bonds is 4. The number of nitrogens with zero attached hydrogens (tertiary/aromatic N) is 1. The lowest BCUT2D eigenvalue weighted by molar-refractivity contribution is 0.200. The first kappa shape index (κ1) is 15.7. The van der Waals surface area contributed by atoms with Crippen LogP contribution >= 0.6 is 23.8 Å². The fourth-order valence-corrected chi connectivity index (χ4v) is 3.87. The van der Waals surface area contributed by atoms with Crippen molar-refractivity contribution in [2.45, 2.75) is 24.2 Å². The first-order valence-electron chi connectivity index (χ1n) is 6.27. The Hall–Kier alpha value is -0.730. The maximum atomic E-state index is 12.3. The van der Waals surface area contributed by atoms with Gasteiger partial charge in [-0.25, -0.2) is 13.4 Å². The number of thiocarbonyl (C=S) groups is 1. The normalized spacial score (nSPS) is 17.1. The third kappa shape index (κ3) is 3.67. The molecule has 1 aromatic rings. The summed E-state index contributed by atoms with van der Waals surface area (Å²) in [6.45, 7) is 1.42. The van der Waals surface area contributed by atoms with E-state index in [9.17, 15) is 8.42 Å². The number of benzene rings is 1. The van der Waals surface area contributed by atoms with Gasteiger partial charge in [-0.1, -0.05) is 36.3 Å². The van der Waals surface area contributed by atoms with Crippen molar-refractivity contribution in [2.75, 3.05) is 13.1 Å². The van der Waals surface area contributed by atoms with Crippen LogP contribution in [0.15, 0.2) is 23.1 Å². The number of nitrogens with two attached hydrogens (primary N) is 1. The van der Waals surface area contributed by atoms with E-state index >= 15 is 0 Å². The maximum absolute atomic E-state index is 12.3. The van der Waals surface area contributed by atoms with Crippen LogP contribution < -0.4 is 10.6 Å². The SMILES string of the molecule is NC(=S)c1ccc(S(=O)(=O)NN2CCCCC2)c(Cl)c1. The Balaban J connectivity index is 2.22. The lowest BCUT2D eigenvalue weighted by atomic mass is 10.2. The Morgan fingerprint density at radius 3 is 2.50 bits per heavy atom. The average Bonchev–Trinajstić information content (AvgIpc) is 2.38. The molecule has 2 rings (SSSR count). The van der Waals surface area contributed by atoms with Crippen LogP contribution in [-0.4, -0.2) is 31.5 Å². The third-order valence-corrected chi connectivity index (χ3v) is 5.21. The highest BCUT2D eigenvalue weighted by Gasteiger charge is 2.22. The smallest absolute Gasteiger partial charge is 0.254 e. The molecular formula is C12H16ClN3O2S2. The van der Waals surface area contributed by atoms with E-state index in [0.29, 0.717) is 18.7 Å². The molecule has 0 atom stereocenters. The maximum Gasteiger partial charge on any atom is 0.254 e. The van der Waals surface area contributed by atoms with Crippen molar-refractivity contribution >= 4 is 38.8 Å². The van der Waals surface area contributed by atoms with Gasteiger partial charge in [0.15, 0.2) is 0 Å². The molecule has 3 N–H and O–H groups in total. The summed E-state index contributed by atoms with van der Waals surface area (Å²) in [7, 11) is -3.67. The molecule has 8 heteroatoms. The van der Waals surface area contributed by atoms with Crippen LogP contribution in [0.1, 0.15) is 24.8 Å². The first-order valence-corrected chi connectivity index (χ1v) is 8.54. The van der Waals surface area contributed by atoms with E-state index in [1.807, 2.05) is 0 Å². The number of hydrazine groups is 1. The highest BCUT2D eigenvalue weighted by atomic mass is 35.5. The van der Waals surface area contributed by atoms with Crippen LogP contribution in [0.25, 0.3) is 0 Å². The Bertz CT molecular complexity index is 613. The van der Waals surface area contributed by atoms with Crippen LogP contribution in [0.4, 0.5) is 0 Å². The quantitative estimate of drug-likeness (QED) is 0.819. The summed E-state index contributed by atoms with van der Waals surface area (Å²) < 4.78 is 24.6. The van der Waals surface area contributed by atoms with Crippen LogP contribution in [0, 0.1) is 0 Å². The van der Waals surface area contributed by atoms with Gasteiger partial charge < -0.3 is 5.73 Å². The molecule has 0 radical (unpaired) electrons. The second-order valence-electron chi connectivity index (χ2n) is 4.65. The van der Waals surface area contributed by atoms with Crippen molar-refractivity contribution < 1.29 is 8.42 Å². The fraction of sp³-hybridized carbons (Fsp3) is 0.417. The summed E-state index contributed by atoms with van der Waals surface area (Å²) in [5, 5.41) is 1.82. The van der Waals surface area contributed by atoms with Crippen molar-refractivity contribution in [1.82, 2.24) is 9.84 Å². The Morgan fingerprint density at radius 1 is 1.30 bits per heavy atom. The number of halogens is 1. The van der Waals surface area contributed by atoms with Crippen molar-refractivity contribution in [2.24, 2.45) is 5.73 Å². The Morgan fingerprint density at radius 2 is 1.95 bits per heavy atom. The summed E-state index contributed by atoms with van der Waals surface area (Å²) in [4.78, 5) is 2.77. The minimum absolute atomic E-state index is 0.0322. The molecule has 1 aliphatic heterocycles. The Kier molecular flexibility index (Phi) is 4.98. The summed E-state index contributed by atoms with van der Waals surface area (Å²) in [6, 6.07) is 4.44. The average molecular weight is 334 g/mol. The molecule has 0 spiro atoms. The molecule has 0 bridgehead atoms. The van der Waals surface area contributed by atoms with Gasteiger partial charge in [0.1, 0.15) is 9.88 Å². The first-order chi connectivity index (χ1) is 9.40. The molecule has 0 unspecified atom stereocenters. The molecule has 1 fully saturated rings. The Labute approximate surface area is 129 Å². The highest BCUT2D eigenvalue weighted by Crippen LogP contribution is 2.23.